The Hall–Kier alpha value is -2.35. The van der Waals surface area contributed by atoms with Gasteiger partial charge >= 0.3 is 0 Å². The molecule has 1 unspecified atom stereocenters. The largest absolute Gasteiger partial charge is 0.353 e. The quantitative estimate of drug-likeness (QED) is 0.629. The van der Waals surface area contributed by atoms with Crippen LogP contribution in [0.4, 0.5) is 0 Å². The van der Waals surface area contributed by atoms with E-state index >= 15 is 0 Å². The third-order valence-corrected chi connectivity index (χ3v) is 5.73. The molecule has 2 aromatic rings. The Balaban J connectivity index is 1.54. The fourth-order valence-electron chi connectivity index (χ4n) is 2.67. The summed E-state index contributed by atoms with van der Waals surface area (Å²) in [5.74, 6) is 1.04. The molecule has 8 heteroatoms. The first-order valence-corrected chi connectivity index (χ1v) is 9.64. The van der Waals surface area contributed by atoms with Crippen LogP contribution in [-0.4, -0.2) is 48.8 Å². The lowest BCUT2D eigenvalue weighted by Gasteiger charge is -2.16. The number of nitrogens with zero attached hydrogens (tertiary/aromatic N) is 3. The molecule has 0 saturated carbocycles. The molecular formula is C16H21N5O2S. The molecule has 1 atom stereocenters. The van der Waals surface area contributed by atoms with E-state index in [0.717, 1.165) is 11.3 Å². The van der Waals surface area contributed by atoms with E-state index in [1.54, 1.807) is 17.9 Å². The Labute approximate surface area is 141 Å². The zero-order chi connectivity index (χ0) is 17.0. The summed E-state index contributed by atoms with van der Waals surface area (Å²) in [4.78, 5) is 4.16. The van der Waals surface area contributed by atoms with E-state index in [1.165, 1.54) is 0 Å². The van der Waals surface area contributed by atoms with Gasteiger partial charge in [-0.25, -0.2) is 13.1 Å². The van der Waals surface area contributed by atoms with E-state index in [1.807, 2.05) is 36.5 Å². The van der Waals surface area contributed by atoms with Gasteiger partial charge in [-0.05, 0) is 30.2 Å². The highest BCUT2D eigenvalue weighted by Gasteiger charge is 2.28. The molecule has 0 amide bonds. The molecule has 3 rings (SSSR count). The summed E-state index contributed by atoms with van der Waals surface area (Å²) >= 11 is 0. The lowest BCUT2D eigenvalue weighted by Crippen LogP contribution is -2.43. The molecule has 24 heavy (non-hydrogen) atoms. The number of hydrogen-bond acceptors (Lipinski definition) is 4. The Morgan fingerprint density at radius 1 is 1.38 bits per heavy atom. The Bertz CT molecular complexity index is 798. The topological polar surface area (TPSA) is 88.4 Å². The highest BCUT2D eigenvalue weighted by molar-refractivity contribution is 7.91. The average molecular weight is 347 g/mol. The molecular weight excluding hydrogens is 326 g/mol. The van der Waals surface area contributed by atoms with Crippen LogP contribution in [0.5, 0.6) is 0 Å². The number of hydrogen-bond donors (Lipinski definition) is 2. The van der Waals surface area contributed by atoms with Crippen molar-refractivity contribution in [2.24, 2.45) is 4.99 Å². The smallest absolute Gasteiger partial charge is 0.191 e. The van der Waals surface area contributed by atoms with Gasteiger partial charge in [0, 0.05) is 32.0 Å². The maximum atomic E-state index is 11.5. The van der Waals surface area contributed by atoms with E-state index in [-0.39, 0.29) is 17.5 Å². The lowest BCUT2D eigenvalue weighted by molar-refractivity contribution is 0.599. The molecule has 2 N–H and O–H groups in total. The van der Waals surface area contributed by atoms with Crippen molar-refractivity contribution in [3.63, 3.8) is 0 Å². The minimum absolute atomic E-state index is 0.0663. The Morgan fingerprint density at radius 3 is 2.75 bits per heavy atom. The molecule has 0 spiro atoms. The molecule has 1 aliphatic heterocycles. The van der Waals surface area contributed by atoms with Crippen molar-refractivity contribution in [2.45, 2.75) is 19.0 Å². The van der Waals surface area contributed by atoms with Gasteiger partial charge in [0.25, 0.3) is 0 Å². The number of aromatic nitrogens is 2. The van der Waals surface area contributed by atoms with Crippen molar-refractivity contribution in [3.05, 3.63) is 48.3 Å². The zero-order valence-electron chi connectivity index (χ0n) is 13.5. The zero-order valence-corrected chi connectivity index (χ0v) is 14.3. The first-order chi connectivity index (χ1) is 11.6. The molecule has 0 radical (unpaired) electrons. The summed E-state index contributed by atoms with van der Waals surface area (Å²) in [5.41, 5.74) is 2.11. The van der Waals surface area contributed by atoms with Crippen LogP contribution in [0.1, 0.15) is 12.0 Å². The monoisotopic (exact) mass is 347 g/mol. The van der Waals surface area contributed by atoms with Gasteiger partial charge in [-0.15, -0.1) is 0 Å². The normalized spacial score (nSPS) is 20.0. The number of sulfone groups is 1. The molecule has 1 fully saturated rings. The number of rotatable bonds is 4. The van der Waals surface area contributed by atoms with Crippen molar-refractivity contribution < 1.29 is 8.42 Å². The molecule has 1 saturated heterocycles. The minimum atomic E-state index is -2.90. The van der Waals surface area contributed by atoms with Crippen LogP contribution in [0.2, 0.25) is 0 Å². The van der Waals surface area contributed by atoms with E-state index in [4.69, 9.17) is 0 Å². The van der Waals surface area contributed by atoms with Gasteiger partial charge in [0.1, 0.15) is 0 Å². The van der Waals surface area contributed by atoms with Gasteiger partial charge in [-0.2, -0.15) is 5.10 Å². The van der Waals surface area contributed by atoms with Crippen molar-refractivity contribution in [2.75, 3.05) is 18.6 Å². The second kappa shape index (κ2) is 7.04. The van der Waals surface area contributed by atoms with Crippen LogP contribution in [0, 0.1) is 0 Å². The summed E-state index contributed by atoms with van der Waals surface area (Å²) in [6.45, 7) is 0.610. The number of nitrogens with one attached hydrogen (secondary N) is 2. The fraction of sp³-hybridized carbons (Fsp3) is 0.375. The Morgan fingerprint density at radius 2 is 2.17 bits per heavy atom. The summed E-state index contributed by atoms with van der Waals surface area (Å²) in [5, 5.41) is 10.6. The van der Waals surface area contributed by atoms with Gasteiger partial charge in [-0.3, -0.25) is 4.99 Å². The second-order valence-corrected chi connectivity index (χ2v) is 8.02. The predicted octanol–water partition coefficient (Wildman–Crippen LogP) is 0.724. The predicted molar refractivity (Wildman–Crippen MR) is 94.0 cm³/mol. The van der Waals surface area contributed by atoms with E-state index < -0.39 is 9.84 Å². The van der Waals surface area contributed by atoms with Crippen LogP contribution < -0.4 is 10.6 Å². The van der Waals surface area contributed by atoms with Gasteiger partial charge in [0.2, 0.25) is 0 Å². The van der Waals surface area contributed by atoms with Crippen LogP contribution in [0.3, 0.4) is 0 Å². The van der Waals surface area contributed by atoms with Crippen LogP contribution in [-0.2, 0) is 16.4 Å². The molecule has 0 aliphatic carbocycles. The minimum Gasteiger partial charge on any atom is -0.353 e. The molecule has 1 aromatic carbocycles. The summed E-state index contributed by atoms with van der Waals surface area (Å²) in [7, 11) is -1.22. The SMILES string of the molecule is CN=C(NCc1ccc(-n2cccn2)cc1)NC1CCS(=O)(=O)C1. The van der Waals surface area contributed by atoms with Crippen LogP contribution >= 0.6 is 0 Å². The molecule has 2 heterocycles. The highest BCUT2D eigenvalue weighted by atomic mass is 32.2. The third kappa shape index (κ3) is 4.14. The van der Waals surface area contributed by atoms with Crippen molar-refractivity contribution >= 4 is 15.8 Å². The second-order valence-electron chi connectivity index (χ2n) is 5.79. The third-order valence-electron chi connectivity index (χ3n) is 3.96. The van der Waals surface area contributed by atoms with Crippen LogP contribution in [0.15, 0.2) is 47.7 Å². The lowest BCUT2D eigenvalue weighted by atomic mass is 10.2. The number of benzene rings is 1. The molecule has 0 bridgehead atoms. The standard InChI is InChI=1S/C16H21N5O2S/c1-17-16(20-14-7-10-24(22,23)12-14)18-11-13-3-5-15(6-4-13)21-9-2-8-19-21/h2-6,8-9,14H,7,10-12H2,1H3,(H2,17,18,20). The first-order valence-electron chi connectivity index (χ1n) is 7.82. The maximum absolute atomic E-state index is 11.5. The van der Waals surface area contributed by atoms with Gasteiger partial charge < -0.3 is 10.6 Å². The summed E-state index contributed by atoms with van der Waals surface area (Å²) in [6.07, 6.45) is 4.27. The number of aliphatic imine (C=N–C) groups is 1. The van der Waals surface area contributed by atoms with E-state index in [9.17, 15) is 8.42 Å². The van der Waals surface area contributed by atoms with E-state index in [2.05, 4.69) is 20.7 Å². The molecule has 7 nitrogen and oxygen atoms in total. The first kappa shape index (κ1) is 16.5. The van der Waals surface area contributed by atoms with Crippen LogP contribution in [0.25, 0.3) is 5.69 Å². The van der Waals surface area contributed by atoms with E-state index in [0.29, 0.717) is 18.9 Å². The maximum Gasteiger partial charge on any atom is 0.191 e. The molecule has 128 valence electrons. The number of guanidine groups is 1. The molecule has 1 aliphatic rings. The van der Waals surface area contributed by atoms with Crippen molar-refractivity contribution in [1.29, 1.82) is 0 Å². The molecule has 1 aromatic heterocycles. The van der Waals surface area contributed by atoms with Gasteiger partial charge in [0.15, 0.2) is 15.8 Å². The Kier molecular flexibility index (Phi) is 4.84. The average Bonchev–Trinajstić information content (AvgIpc) is 3.21. The van der Waals surface area contributed by atoms with Crippen molar-refractivity contribution in [3.8, 4) is 5.69 Å². The van der Waals surface area contributed by atoms with Gasteiger partial charge in [-0.1, -0.05) is 12.1 Å². The van der Waals surface area contributed by atoms with Crippen molar-refractivity contribution in [1.82, 2.24) is 20.4 Å². The highest BCUT2D eigenvalue weighted by Crippen LogP contribution is 2.11. The van der Waals surface area contributed by atoms with Gasteiger partial charge in [0.05, 0.1) is 17.2 Å². The summed E-state index contributed by atoms with van der Waals surface area (Å²) < 4.78 is 24.8. The summed E-state index contributed by atoms with van der Waals surface area (Å²) in [6, 6.07) is 9.87. The fourth-order valence-corrected chi connectivity index (χ4v) is 4.34.